The third-order valence-corrected chi connectivity index (χ3v) is 4.76. The summed E-state index contributed by atoms with van der Waals surface area (Å²) in [5, 5.41) is 9.04. The largest absolute Gasteiger partial charge is 0.481 e. The van der Waals surface area contributed by atoms with Crippen molar-refractivity contribution in [3.05, 3.63) is 0 Å². The first-order valence-corrected chi connectivity index (χ1v) is 7.66. The zero-order valence-electron chi connectivity index (χ0n) is 11.8. The molecule has 1 saturated carbocycles. The first-order valence-electron chi connectivity index (χ1n) is 7.66. The third-order valence-electron chi connectivity index (χ3n) is 4.76. The SMILES string of the molecule is CCC1CCCCCN1C(=O)C1CCC(C(=O)O)C1. The number of hydrogen-bond acceptors (Lipinski definition) is 2. The van der Waals surface area contributed by atoms with Crippen LogP contribution in [0.15, 0.2) is 0 Å². The minimum atomic E-state index is -0.738. The Balaban J connectivity index is 1.99. The van der Waals surface area contributed by atoms with Gasteiger partial charge in [-0.25, -0.2) is 0 Å². The van der Waals surface area contributed by atoms with Crippen molar-refractivity contribution in [2.45, 2.75) is 64.3 Å². The summed E-state index contributed by atoms with van der Waals surface area (Å²) in [6.07, 6.45) is 7.60. The molecule has 1 aliphatic heterocycles. The maximum atomic E-state index is 12.6. The molecule has 1 amide bonds. The smallest absolute Gasteiger partial charge is 0.306 e. The molecular weight excluding hydrogens is 242 g/mol. The van der Waals surface area contributed by atoms with Crippen molar-refractivity contribution >= 4 is 11.9 Å². The monoisotopic (exact) mass is 267 g/mol. The number of hydrogen-bond donors (Lipinski definition) is 1. The Morgan fingerprint density at radius 1 is 1.11 bits per heavy atom. The van der Waals surface area contributed by atoms with E-state index in [2.05, 4.69) is 11.8 Å². The molecule has 4 nitrogen and oxygen atoms in total. The number of carbonyl (C=O) groups excluding carboxylic acids is 1. The zero-order chi connectivity index (χ0) is 13.8. The van der Waals surface area contributed by atoms with Crippen molar-refractivity contribution in [3.63, 3.8) is 0 Å². The molecule has 0 spiro atoms. The van der Waals surface area contributed by atoms with Crippen molar-refractivity contribution in [2.24, 2.45) is 11.8 Å². The highest BCUT2D eigenvalue weighted by Gasteiger charge is 2.37. The second kappa shape index (κ2) is 6.40. The van der Waals surface area contributed by atoms with Gasteiger partial charge in [0.05, 0.1) is 5.92 Å². The molecule has 108 valence electrons. The van der Waals surface area contributed by atoms with E-state index >= 15 is 0 Å². The molecule has 1 N–H and O–H groups in total. The van der Waals surface area contributed by atoms with Crippen LogP contribution in [0, 0.1) is 11.8 Å². The molecular formula is C15H25NO3. The number of nitrogens with zero attached hydrogens (tertiary/aromatic N) is 1. The first-order chi connectivity index (χ1) is 9.13. The van der Waals surface area contributed by atoms with E-state index in [-0.39, 0.29) is 17.7 Å². The van der Waals surface area contributed by atoms with Gasteiger partial charge in [0.1, 0.15) is 0 Å². The van der Waals surface area contributed by atoms with Gasteiger partial charge in [-0.05, 0) is 38.5 Å². The topological polar surface area (TPSA) is 57.6 Å². The number of rotatable bonds is 3. The van der Waals surface area contributed by atoms with Gasteiger partial charge in [-0.15, -0.1) is 0 Å². The molecule has 2 fully saturated rings. The Morgan fingerprint density at radius 2 is 1.84 bits per heavy atom. The van der Waals surface area contributed by atoms with Crippen LogP contribution in [0.3, 0.4) is 0 Å². The summed E-state index contributed by atoms with van der Waals surface area (Å²) >= 11 is 0. The van der Waals surface area contributed by atoms with E-state index in [9.17, 15) is 9.59 Å². The highest BCUT2D eigenvalue weighted by Crippen LogP contribution is 2.34. The third kappa shape index (κ3) is 3.28. The Hall–Kier alpha value is -1.06. The van der Waals surface area contributed by atoms with E-state index in [4.69, 9.17) is 5.11 Å². The average Bonchev–Trinajstić information content (AvgIpc) is 2.77. The maximum Gasteiger partial charge on any atom is 0.306 e. The Bertz CT molecular complexity index is 342. The van der Waals surface area contributed by atoms with Crippen LogP contribution >= 0.6 is 0 Å². The van der Waals surface area contributed by atoms with Gasteiger partial charge >= 0.3 is 5.97 Å². The highest BCUT2D eigenvalue weighted by atomic mass is 16.4. The fraction of sp³-hybridized carbons (Fsp3) is 0.867. The lowest BCUT2D eigenvalue weighted by Crippen LogP contribution is -2.42. The summed E-state index contributed by atoms with van der Waals surface area (Å²) < 4.78 is 0. The molecule has 0 aromatic heterocycles. The fourth-order valence-corrected chi connectivity index (χ4v) is 3.56. The molecule has 19 heavy (non-hydrogen) atoms. The summed E-state index contributed by atoms with van der Waals surface area (Å²) in [5.41, 5.74) is 0. The predicted molar refractivity (Wildman–Crippen MR) is 72.7 cm³/mol. The van der Waals surface area contributed by atoms with E-state index in [0.29, 0.717) is 18.9 Å². The lowest BCUT2D eigenvalue weighted by Gasteiger charge is -2.31. The van der Waals surface area contributed by atoms with Crippen LogP contribution in [0.2, 0.25) is 0 Å². The lowest BCUT2D eigenvalue weighted by atomic mass is 10.0. The molecule has 3 unspecified atom stereocenters. The van der Waals surface area contributed by atoms with E-state index < -0.39 is 5.97 Å². The molecule has 2 rings (SSSR count). The summed E-state index contributed by atoms with van der Waals surface area (Å²) in [6, 6.07) is 0.374. The normalized spacial score (nSPS) is 32.1. The number of carbonyl (C=O) groups is 2. The van der Waals surface area contributed by atoms with Crippen molar-refractivity contribution in [2.75, 3.05) is 6.54 Å². The number of amides is 1. The molecule has 1 heterocycles. The van der Waals surface area contributed by atoms with Crippen molar-refractivity contribution < 1.29 is 14.7 Å². The van der Waals surface area contributed by atoms with Crippen LogP contribution in [-0.2, 0) is 9.59 Å². The van der Waals surface area contributed by atoms with Crippen LogP contribution in [0.5, 0.6) is 0 Å². The maximum absolute atomic E-state index is 12.6. The van der Waals surface area contributed by atoms with Gasteiger partial charge in [0.2, 0.25) is 5.91 Å². The number of likely N-dealkylation sites (tertiary alicyclic amines) is 1. The Labute approximate surface area is 115 Å². The van der Waals surface area contributed by atoms with Crippen LogP contribution in [-0.4, -0.2) is 34.5 Å². The molecule has 0 radical (unpaired) electrons. The Morgan fingerprint density at radius 3 is 2.47 bits per heavy atom. The van der Waals surface area contributed by atoms with E-state index in [1.165, 1.54) is 12.8 Å². The second-order valence-corrected chi connectivity index (χ2v) is 5.99. The summed E-state index contributed by atoms with van der Waals surface area (Å²) in [5.74, 6) is -0.870. The van der Waals surface area contributed by atoms with Gasteiger partial charge in [0, 0.05) is 18.5 Å². The standard InChI is InChI=1S/C15H25NO3/c1-2-13-6-4-3-5-9-16(13)14(17)11-7-8-12(10-11)15(18)19/h11-13H,2-10H2,1H3,(H,18,19). The summed E-state index contributed by atoms with van der Waals surface area (Å²) in [6.45, 7) is 3.01. The molecule has 1 aliphatic carbocycles. The van der Waals surface area contributed by atoms with E-state index in [1.54, 1.807) is 0 Å². The van der Waals surface area contributed by atoms with Crippen molar-refractivity contribution in [3.8, 4) is 0 Å². The molecule has 4 heteroatoms. The minimum absolute atomic E-state index is 0.0479. The van der Waals surface area contributed by atoms with Gasteiger partial charge in [0.25, 0.3) is 0 Å². The average molecular weight is 267 g/mol. The van der Waals surface area contributed by atoms with Crippen LogP contribution < -0.4 is 0 Å². The molecule has 2 aliphatic rings. The van der Waals surface area contributed by atoms with Gasteiger partial charge in [-0.1, -0.05) is 19.8 Å². The molecule has 0 aromatic rings. The van der Waals surface area contributed by atoms with Gasteiger partial charge in [-0.3, -0.25) is 9.59 Å². The second-order valence-electron chi connectivity index (χ2n) is 5.99. The minimum Gasteiger partial charge on any atom is -0.481 e. The zero-order valence-corrected chi connectivity index (χ0v) is 11.8. The fourth-order valence-electron chi connectivity index (χ4n) is 3.56. The molecule has 0 aromatic carbocycles. The summed E-state index contributed by atoms with van der Waals surface area (Å²) in [4.78, 5) is 25.7. The highest BCUT2D eigenvalue weighted by molar-refractivity contribution is 5.81. The Kier molecular flexibility index (Phi) is 4.83. The van der Waals surface area contributed by atoms with Crippen LogP contribution in [0.1, 0.15) is 58.3 Å². The predicted octanol–water partition coefficient (Wildman–Crippen LogP) is 2.67. The number of carboxylic acids is 1. The number of carboxylic acid groups (broad SMARTS) is 1. The van der Waals surface area contributed by atoms with Crippen molar-refractivity contribution in [1.29, 1.82) is 0 Å². The van der Waals surface area contributed by atoms with E-state index in [1.807, 2.05) is 0 Å². The first kappa shape index (κ1) is 14.4. The van der Waals surface area contributed by atoms with Gasteiger partial charge < -0.3 is 10.0 Å². The molecule has 1 saturated heterocycles. The van der Waals surface area contributed by atoms with Gasteiger partial charge in [-0.2, -0.15) is 0 Å². The molecule has 0 bridgehead atoms. The van der Waals surface area contributed by atoms with Crippen LogP contribution in [0.4, 0.5) is 0 Å². The molecule has 3 atom stereocenters. The lowest BCUT2D eigenvalue weighted by molar-refractivity contribution is -0.142. The number of aliphatic carboxylic acids is 1. The quantitative estimate of drug-likeness (QED) is 0.855. The van der Waals surface area contributed by atoms with Crippen molar-refractivity contribution in [1.82, 2.24) is 4.90 Å². The summed E-state index contributed by atoms with van der Waals surface area (Å²) in [7, 11) is 0. The van der Waals surface area contributed by atoms with Crippen LogP contribution in [0.25, 0.3) is 0 Å². The van der Waals surface area contributed by atoms with E-state index in [0.717, 1.165) is 32.2 Å². The van der Waals surface area contributed by atoms with Gasteiger partial charge in [0.15, 0.2) is 0 Å².